The van der Waals surface area contributed by atoms with E-state index in [0.29, 0.717) is 11.8 Å². The van der Waals surface area contributed by atoms with E-state index in [4.69, 9.17) is 0 Å². The van der Waals surface area contributed by atoms with Gasteiger partial charge in [0.05, 0.1) is 0 Å². The van der Waals surface area contributed by atoms with Gasteiger partial charge >= 0.3 is 0 Å². The molecule has 0 aromatic heterocycles. The van der Waals surface area contributed by atoms with Gasteiger partial charge < -0.3 is 0 Å². The minimum Gasteiger partial charge on any atom is -0.0625 e. The third kappa shape index (κ3) is 5.55. The first-order valence-corrected chi connectivity index (χ1v) is 17.6. The molecule has 0 spiro atoms. The zero-order valence-corrected chi connectivity index (χ0v) is 27.6. The topological polar surface area (TPSA) is 0 Å². The van der Waals surface area contributed by atoms with Crippen LogP contribution in [0.5, 0.6) is 0 Å². The Morgan fingerprint density at radius 1 is 0.362 bits per heavy atom. The maximum Gasteiger partial charge on any atom is 0.0256 e. The first kappa shape index (κ1) is 29.7. The summed E-state index contributed by atoms with van der Waals surface area (Å²) in [7, 11) is 0. The first-order valence-electron chi connectivity index (χ1n) is 17.6. The van der Waals surface area contributed by atoms with E-state index in [2.05, 4.69) is 172 Å². The van der Waals surface area contributed by atoms with Gasteiger partial charge in [-0.2, -0.15) is 0 Å². The third-order valence-corrected chi connectivity index (χ3v) is 11.5. The molecule has 0 nitrogen and oxygen atoms in total. The molecule has 6 aromatic carbocycles. The van der Waals surface area contributed by atoms with Gasteiger partial charge in [-0.1, -0.05) is 172 Å². The summed E-state index contributed by atoms with van der Waals surface area (Å²) in [5, 5.41) is 0. The Balaban J connectivity index is 1.13. The highest BCUT2D eigenvalue weighted by molar-refractivity contribution is 5.72. The van der Waals surface area contributed by atoms with Crippen LogP contribution in [0, 0.1) is 23.7 Å². The quantitative estimate of drug-likeness (QED) is 0.176. The molecule has 0 saturated heterocycles. The first-order chi connectivity index (χ1) is 23.1. The Bertz CT molecular complexity index is 1780. The van der Waals surface area contributed by atoms with Crippen molar-refractivity contribution in [1.29, 1.82) is 0 Å². The molecule has 2 bridgehead atoms. The summed E-state index contributed by atoms with van der Waals surface area (Å²) >= 11 is 0. The molecular weight excluding hydrogens is 565 g/mol. The van der Waals surface area contributed by atoms with Crippen molar-refractivity contribution >= 4 is 0 Å². The number of benzene rings is 6. The highest BCUT2D eigenvalue weighted by atomic mass is 14.6. The molecular formula is C47H44. The standard InChI is InChI=1S/C47H44/c1-33-29-35-31-34(2)47(46(30-33)32-35,44-25-21-42(22-26-44)40-17-13-38(14-18-40)36-9-5-3-6-10-36)45-27-23-43(24-28-45)41-19-15-39(16-20-41)37-11-7-4-8-12-37/h3-28,33-35,46H,29-32H2,1-2H3. The summed E-state index contributed by atoms with van der Waals surface area (Å²) in [6.45, 7) is 5.03. The smallest absolute Gasteiger partial charge is 0.0256 e. The minimum atomic E-state index is 0.0244. The number of hydrogen-bond acceptors (Lipinski definition) is 0. The Kier molecular flexibility index (Phi) is 7.90. The third-order valence-electron chi connectivity index (χ3n) is 11.5. The van der Waals surface area contributed by atoms with Gasteiger partial charge in [0.15, 0.2) is 0 Å². The zero-order chi connectivity index (χ0) is 31.8. The monoisotopic (exact) mass is 608 g/mol. The fraction of sp³-hybridized carbons (Fsp3) is 0.234. The average molecular weight is 609 g/mol. The van der Waals surface area contributed by atoms with Crippen LogP contribution >= 0.6 is 0 Å². The van der Waals surface area contributed by atoms with Crippen molar-refractivity contribution in [3.05, 3.63) is 169 Å². The molecule has 2 aliphatic carbocycles. The van der Waals surface area contributed by atoms with Crippen molar-refractivity contribution in [2.75, 3.05) is 0 Å². The summed E-state index contributed by atoms with van der Waals surface area (Å²) < 4.78 is 0. The largest absolute Gasteiger partial charge is 0.0625 e. The molecule has 0 heteroatoms. The zero-order valence-electron chi connectivity index (χ0n) is 27.6. The number of fused-ring (bicyclic) bond motifs is 2. The van der Waals surface area contributed by atoms with Gasteiger partial charge in [-0.15, -0.1) is 0 Å². The fourth-order valence-electron chi connectivity index (χ4n) is 9.45. The average Bonchev–Trinajstić information content (AvgIpc) is 3.13. The summed E-state index contributed by atoms with van der Waals surface area (Å²) in [5.74, 6) is 2.89. The molecule has 47 heavy (non-hydrogen) atoms. The molecule has 8 rings (SSSR count). The molecule has 0 radical (unpaired) electrons. The lowest BCUT2D eigenvalue weighted by Crippen LogP contribution is -2.50. The van der Waals surface area contributed by atoms with E-state index >= 15 is 0 Å². The predicted octanol–water partition coefficient (Wildman–Crippen LogP) is 12.7. The van der Waals surface area contributed by atoms with E-state index in [-0.39, 0.29) is 5.41 Å². The molecule has 0 N–H and O–H groups in total. The van der Waals surface area contributed by atoms with E-state index in [1.807, 2.05) is 0 Å². The predicted molar refractivity (Wildman–Crippen MR) is 199 cm³/mol. The molecule has 4 unspecified atom stereocenters. The van der Waals surface area contributed by atoms with Crippen LogP contribution in [0.4, 0.5) is 0 Å². The lowest BCUT2D eigenvalue weighted by molar-refractivity contribution is 0.0402. The molecule has 0 amide bonds. The highest BCUT2D eigenvalue weighted by Crippen LogP contribution is 2.59. The maximum atomic E-state index is 2.54. The van der Waals surface area contributed by atoms with E-state index in [1.54, 1.807) is 0 Å². The molecule has 2 saturated carbocycles. The summed E-state index contributed by atoms with van der Waals surface area (Å²) in [5.41, 5.74) is 13.2. The van der Waals surface area contributed by atoms with Gasteiger partial charge in [-0.25, -0.2) is 0 Å². The van der Waals surface area contributed by atoms with Crippen LogP contribution in [0.15, 0.2) is 158 Å². The van der Waals surface area contributed by atoms with Crippen molar-refractivity contribution < 1.29 is 0 Å². The molecule has 0 aliphatic heterocycles. The van der Waals surface area contributed by atoms with Gasteiger partial charge in [0.25, 0.3) is 0 Å². The number of hydrogen-bond donors (Lipinski definition) is 0. The van der Waals surface area contributed by atoms with Gasteiger partial charge in [0.1, 0.15) is 0 Å². The van der Waals surface area contributed by atoms with Crippen molar-refractivity contribution in [2.45, 2.75) is 44.9 Å². The second-order valence-electron chi connectivity index (χ2n) is 14.4. The van der Waals surface area contributed by atoms with Crippen LogP contribution < -0.4 is 0 Å². The molecule has 232 valence electrons. The molecule has 6 aromatic rings. The van der Waals surface area contributed by atoms with Crippen molar-refractivity contribution in [1.82, 2.24) is 0 Å². The van der Waals surface area contributed by atoms with Crippen LogP contribution in [0.3, 0.4) is 0 Å². The lowest BCUT2D eigenvalue weighted by atomic mass is 9.48. The second-order valence-corrected chi connectivity index (χ2v) is 14.4. The maximum absolute atomic E-state index is 2.54. The van der Waals surface area contributed by atoms with Gasteiger partial charge in [-0.05, 0) is 105 Å². The van der Waals surface area contributed by atoms with Crippen LogP contribution in [-0.4, -0.2) is 0 Å². The van der Waals surface area contributed by atoms with Gasteiger partial charge in [-0.3, -0.25) is 0 Å². The van der Waals surface area contributed by atoms with Crippen LogP contribution in [0.25, 0.3) is 44.5 Å². The van der Waals surface area contributed by atoms with Crippen molar-refractivity contribution in [3.63, 3.8) is 0 Å². The number of rotatable bonds is 6. The van der Waals surface area contributed by atoms with Crippen LogP contribution in [-0.2, 0) is 5.41 Å². The van der Waals surface area contributed by atoms with Crippen LogP contribution in [0.2, 0.25) is 0 Å². The Hall–Kier alpha value is -4.68. The summed E-state index contributed by atoms with van der Waals surface area (Å²) in [6, 6.07) is 58.8. The van der Waals surface area contributed by atoms with E-state index in [0.717, 1.165) is 11.8 Å². The molecule has 4 atom stereocenters. The second kappa shape index (κ2) is 12.5. The molecule has 2 aliphatic rings. The lowest BCUT2D eigenvalue weighted by Gasteiger charge is -2.55. The Labute approximate surface area is 281 Å². The SMILES string of the molecule is CC1CC2CC(C)C(c3ccc(-c4ccc(-c5ccccc5)cc4)cc3)(c3ccc(-c4ccc(-c5ccccc5)cc4)cc3)C(C1)C2. The van der Waals surface area contributed by atoms with Crippen molar-refractivity contribution in [3.8, 4) is 44.5 Å². The van der Waals surface area contributed by atoms with E-state index < -0.39 is 0 Å². The summed E-state index contributed by atoms with van der Waals surface area (Å²) in [6.07, 6.45) is 5.37. The molecule has 0 heterocycles. The van der Waals surface area contributed by atoms with E-state index in [9.17, 15) is 0 Å². The van der Waals surface area contributed by atoms with Crippen molar-refractivity contribution in [2.24, 2.45) is 23.7 Å². The molecule has 2 fully saturated rings. The van der Waals surface area contributed by atoms with E-state index in [1.165, 1.54) is 81.3 Å². The Morgan fingerprint density at radius 2 is 0.702 bits per heavy atom. The minimum absolute atomic E-state index is 0.0244. The normalized spacial score (nSPS) is 21.7. The fourth-order valence-corrected chi connectivity index (χ4v) is 9.45. The van der Waals surface area contributed by atoms with Gasteiger partial charge in [0.2, 0.25) is 0 Å². The van der Waals surface area contributed by atoms with Gasteiger partial charge in [0, 0.05) is 5.41 Å². The van der Waals surface area contributed by atoms with Crippen LogP contribution in [0.1, 0.15) is 50.7 Å². The highest BCUT2D eigenvalue weighted by Gasteiger charge is 2.52. The Morgan fingerprint density at radius 3 is 1.09 bits per heavy atom. The summed E-state index contributed by atoms with van der Waals surface area (Å²) in [4.78, 5) is 0.